The smallest absolute Gasteiger partial charge is 0.261 e. The standard InChI is InChI=1S/C22H29NO4/c1-6-20(27-21-9-7-8-15(2)17(21)4)22(24)23-16(3)14-26-19-12-10-18(25-5)11-13-19/h7-13,16,20H,6,14H2,1-5H3,(H,23,24)/t16-,20+/m0/s1. The number of carbonyl (C=O) groups is 1. The molecule has 2 rings (SSSR count). The Labute approximate surface area is 161 Å². The number of hydrogen-bond donors (Lipinski definition) is 1. The lowest BCUT2D eigenvalue weighted by Gasteiger charge is -2.22. The fraction of sp³-hybridized carbons (Fsp3) is 0.409. The van der Waals surface area contributed by atoms with Crippen LogP contribution < -0.4 is 19.5 Å². The third-order valence-electron chi connectivity index (χ3n) is 4.44. The Bertz CT molecular complexity index is 742. The zero-order valence-electron chi connectivity index (χ0n) is 16.7. The Kier molecular flexibility index (Phi) is 7.53. The second kappa shape index (κ2) is 9.86. The minimum Gasteiger partial charge on any atom is -0.497 e. The molecule has 2 atom stereocenters. The van der Waals surface area contributed by atoms with E-state index < -0.39 is 6.10 Å². The molecule has 0 aliphatic heterocycles. The molecule has 0 saturated carbocycles. The van der Waals surface area contributed by atoms with E-state index in [9.17, 15) is 4.79 Å². The van der Waals surface area contributed by atoms with Gasteiger partial charge in [0.05, 0.1) is 13.2 Å². The van der Waals surface area contributed by atoms with Crippen LogP contribution >= 0.6 is 0 Å². The van der Waals surface area contributed by atoms with Gasteiger partial charge in [0.2, 0.25) is 0 Å². The van der Waals surface area contributed by atoms with Crippen LogP contribution in [0.3, 0.4) is 0 Å². The molecule has 1 amide bonds. The maximum Gasteiger partial charge on any atom is 0.261 e. The first-order valence-corrected chi connectivity index (χ1v) is 9.24. The van der Waals surface area contributed by atoms with Gasteiger partial charge in [-0.25, -0.2) is 0 Å². The van der Waals surface area contributed by atoms with Crippen LogP contribution in [0.4, 0.5) is 0 Å². The SMILES string of the molecule is CC[C@@H](Oc1cccc(C)c1C)C(=O)N[C@@H](C)COc1ccc(OC)cc1. The lowest BCUT2D eigenvalue weighted by Crippen LogP contribution is -2.44. The number of methoxy groups -OCH3 is 1. The van der Waals surface area contributed by atoms with Crippen LogP contribution in [0, 0.1) is 13.8 Å². The average Bonchev–Trinajstić information content (AvgIpc) is 2.67. The van der Waals surface area contributed by atoms with Crippen LogP contribution in [-0.4, -0.2) is 31.8 Å². The second-order valence-corrected chi connectivity index (χ2v) is 6.61. The van der Waals surface area contributed by atoms with Crippen molar-refractivity contribution in [2.24, 2.45) is 0 Å². The van der Waals surface area contributed by atoms with Crippen molar-refractivity contribution < 1.29 is 19.0 Å². The summed E-state index contributed by atoms with van der Waals surface area (Å²) in [6.07, 6.45) is 0.0552. The Balaban J connectivity index is 1.88. The van der Waals surface area contributed by atoms with Gasteiger partial charge < -0.3 is 19.5 Å². The Morgan fingerprint density at radius 3 is 2.37 bits per heavy atom. The molecule has 0 unspecified atom stereocenters. The third-order valence-corrected chi connectivity index (χ3v) is 4.44. The number of benzene rings is 2. The van der Waals surface area contributed by atoms with Crippen molar-refractivity contribution in [2.45, 2.75) is 46.3 Å². The number of carbonyl (C=O) groups excluding carboxylic acids is 1. The van der Waals surface area contributed by atoms with Gasteiger partial charge in [0.15, 0.2) is 6.10 Å². The molecule has 146 valence electrons. The lowest BCUT2D eigenvalue weighted by atomic mass is 10.1. The zero-order chi connectivity index (χ0) is 19.8. The molecule has 0 aromatic heterocycles. The minimum absolute atomic E-state index is 0.135. The first-order chi connectivity index (χ1) is 12.9. The number of rotatable bonds is 9. The van der Waals surface area contributed by atoms with Gasteiger partial charge in [-0.3, -0.25) is 4.79 Å². The predicted molar refractivity (Wildman–Crippen MR) is 107 cm³/mol. The predicted octanol–water partition coefficient (Wildman–Crippen LogP) is 4.05. The second-order valence-electron chi connectivity index (χ2n) is 6.61. The molecular formula is C22H29NO4. The first-order valence-electron chi connectivity index (χ1n) is 9.24. The van der Waals surface area contributed by atoms with E-state index in [-0.39, 0.29) is 11.9 Å². The number of nitrogens with one attached hydrogen (secondary N) is 1. The van der Waals surface area contributed by atoms with Crippen LogP contribution in [0.15, 0.2) is 42.5 Å². The number of ether oxygens (including phenoxy) is 3. The highest BCUT2D eigenvalue weighted by atomic mass is 16.5. The summed E-state index contributed by atoms with van der Waals surface area (Å²) in [5.74, 6) is 2.12. The van der Waals surface area contributed by atoms with Gasteiger partial charge in [-0.15, -0.1) is 0 Å². The van der Waals surface area contributed by atoms with Gasteiger partial charge in [-0.1, -0.05) is 19.1 Å². The van der Waals surface area contributed by atoms with E-state index in [1.807, 2.05) is 70.2 Å². The Morgan fingerprint density at radius 1 is 1.07 bits per heavy atom. The normalized spacial score (nSPS) is 12.8. The quantitative estimate of drug-likeness (QED) is 0.722. The van der Waals surface area contributed by atoms with E-state index in [4.69, 9.17) is 14.2 Å². The van der Waals surface area contributed by atoms with Crippen LogP contribution in [0.25, 0.3) is 0 Å². The summed E-state index contributed by atoms with van der Waals surface area (Å²) in [5.41, 5.74) is 2.20. The molecular weight excluding hydrogens is 342 g/mol. The lowest BCUT2D eigenvalue weighted by molar-refractivity contribution is -0.129. The molecule has 0 aliphatic carbocycles. The van der Waals surface area contributed by atoms with E-state index in [1.54, 1.807) is 7.11 Å². The van der Waals surface area contributed by atoms with Crippen molar-refractivity contribution >= 4 is 5.91 Å². The van der Waals surface area contributed by atoms with Gasteiger partial charge in [0.25, 0.3) is 5.91 Å². The summed E-state index contributed by atoms with van der Waals surface area (Å²) in [6.45, 7) is 8.25. The van der Waals surface area contributed by atoms with Crippen molar-refractivity contribution in [3.63, 3.8) is 0 Å². The minimum atomic E-state index is -0.533. The van der Waals surface area contributed by atoms with Gasteiger partial charge in [-0.2, -0.15) is 0 Å². The number of amides is 1. The van der Waals surface area contributed by atoms with Gasteiger partial charge >= 0.3 is 0 Å². The molecule has 0 bridgehead atoms. The average molecular weight is 371 g/mol. The summed E-state index contributed by atoms with van der Waals surface area (Å²) in [5, 5.41) is 2.96. The maximum absolute atomic E-state index is 12.6. The van der Waals surface area contributed by atoms with Gasteiger partial charge in [0, 0.05) is 0 Å². The largest absolute Gasteiger partial charge is 0.497 e. The molecule has 0 fully saturated rings. The molecule has 1 N–H and O–H groups in total. The molecule has 5 heteroatoms. The maximum atomic E-state index is 12.6. The number of hydrogen-bond acceptors (Lipinski definition) is 4. The van der Waals surface area contributed by atoms with Crippen molar-refractivity contribution in [1.82, 2.24) is 5.32 Å². The number of aryl methyl sites for hydroxylation is 1. The third kappa shape index (κ3) is 5.91. The van der Waals surface area contributed by atoms with Crippen molar-refractivity contribution in [3.05, 3.63) is 53.6 Å². The molecule has 5 nitrogen and oxygen atoms in total. The van der Waals surface area contributed by atoms with Crippen LogP contribution in [0.2, 0.25) is 0 Å². The fourth-order valence-electron chi connectivity index (χ4n) is 2.60. The Hall–Kier alpha value is -2.69. The van der Waals surface area contributed by atoms with Crippen LogP contribution in [0.1, 0.15) is 31.4 Å². The summed E-state index contributed by atoms with van der Waals surface area (Å²) < 4.78 is 16.8. The summed E-state index contributed by atoms with van der Waals surface area (Å²) in [4.78, 5) is 12.6. The van der Waals surface area contributed by atoms with E-state index in [2.05, 4.69) is 5.32 Å². The molecule has 0 heterocycles. The van der Waals surface area contributed by atoms with Gasteiger partial charge in [0.1, 0.15) is 23.9 Å². The van der Waals surface area contributed by atoms with E-state index in [1.165, 1.54) is 0 Å². The van der Waals surface area contributed by atoms with Crippen LogP contribution in [0.5, 0.6) is 17.2 Å². The van der Waals surface area contributed by atoms with Crippen molar-refractivity contribution in [2.75, 3.05) is 13.7 Å². The topological polar surface area (TPSA) is 56.8 Å². The molecule has 0 radical (unpaired) electrons. The zero-order valence-corrected chi connectivity index (χ0v) is 16.7. The van der Waals surface area contributed by atoms with Gasteiger partial charge in [-0.05, 0) is 68.7 Å². The Morgan fingerprint density at radius 2 is 1.74 bits per heavy atom. The highest BCUT2D eigenvalue weighted by Gasteiger charge is 2.21. The highest BCUT2D eigenvalue weighted by molar-refractivity contribution is 5.81. The molecule has 0 saturated heterocycles. The molecule has 2 aromatic carbocycles. The molecule has 27 heavy (non-hydrogen) atoms. The monoisotopic (exact) mass is 371 g/mol. The molecule has 0 spiro atoms. The fourth-order valence-corrected chi connectivity index (χ4v) is 2.60. The van der Waals surface area contributed by atoms with Crippen LogP contribution in [-0.2, 0) is 4.79 Å². The van der Waals surface area contributed by atoms with Crippen molar-refractivity contribution in [1.29, 1.82) is 0 Å². The molecule has 0 aliphatic rings. The molecule has 2 aromatic rings. The summed E-state index contributed by atoms with van der Waals surface area (Å²) in [6, 6.07) is 13.1. The van der Waals surface area contributed by atoms with E-state index >= 15 is 0 Å². The summed E-state index contributed by atoms with van der Waals surface area (Å²) in [7, 11) is 1.62. The van der Waals surface area contributed by atoms with E-state index in [0.29, 0.717) is 13.0 Å². The summed E-state index contributed by atoms with van der Waals surface area (Å²) >= 11 is 0. The highest BCUT2D eigenvalue weighted by Crippen LogP contribution is 2.22. The van der Waals surface area contributed by atoms with E-state index in [0.717, 1.165) is 28.4 Å². The first kappa shape index (κ1) is 20.6. The van der Waals surface area contributed by atoms with Crippen molar-refractivity contribution in [3.8, 4) is 17.2 Å².